The van der Waals surface area contributed by atoms with Crippen LogP contribution in [-0.2, 0) is 9.59 Å². The molecule has 9 atom stereocenters. The Labute approximate surface area is 181 Å². The molecule has 0 bridgehead atoms. The largest absolute Gasteiger partial charge is 0.481 e. The van der Waals surface area contributed by atoms with E-state index < -0.39 is 5.97 Å². The van der Waals surface area contributed by atoms with Crippen LogP contribution in [0.2, 0.25) is 0 Å². The molecule has 30 heavy (non-hydrogen) atoms. The highest BCUT2D eigenvalue weighted by molar-refractivity contribution is 5.99. The molecule has 0 radical (unpaired) electrons. The van der Waals surface area contributed by atoms with Crippen molar-refractivity contribution in [3.8, 4) is 0 Å². The molecule has 0 saturated heterocycles. The zero-order valence-electron chi connectivity index (χ0n) is 19.2. The van der Waals surface area contributed by atoms with Crippen molar-refractivity contribution < 1.29 is 19.8 Å². The number of allylic oxidation sites excluding steroid dienone is 2. The van der Waals surface area contributed by atoms with Gasteiger partial charge in [-0.25, -0.2) is 0 Å². The van der Waals surface area contributed by atoms with Gasteiger partial charge in [0.05, 0.1) is 6.10 Å². The van der Waals surface area contributed by atoms with E-state index in [1.165, 1.54) is 0 Å². The standard InChI is InChI=1S/C26H40O4/c1-5-17-21-14-16(27)10-12-26(21,4)20-11-13-25(3)18(15(2)6-9-22(28)29)7-8-19(25)23(20)24(17)30/h5,15-16,18-21,23,27H,6-14H2,1-4H3,(H,28,29)/b17-5+/t15-,16-,18?,19?,20?,21+,23?,25-,26-/m1/s1. The van der Waals surface area contributed by atoms with Gasteiger partial charge in [0.2, 0.25) is 0 Å². The number of carbonyl (C=O) groups is 2. The van der Waals surface area contributed by atoms with Crippen LogP contribution < -0.4 is 0 Å². The number of ketones is 1. The monoisotopic (exact) mass is 416 g/mol. The van der Waals surface area contributed by atoms with Gasteiger partial charge in [0.25, 0.3) is 0 Å². The normalized spacial score (nSPS) is 48.0. The molecule has 4 unspecified atom stereocenters. The summed E-state index contributed by atoms with van der Waals surface area (Å²) in [6.45, 7) is 9.04. The van der Waals surface area contributed by atoms with Crippen molar-refractivity contribution in [2.75, 3.05) is 0 Å². The molecule has 0 aromatic heterocycles. The Bertz CT molecular complexity index is 741. The molecule has 0 spiro atoms. The summed E-state index contributed by atoms with van der Waals surface area (Å²) in [6.07, 6.45) is 9.86. The summed E-state index contributed by atoms with van der Waals surface area (Å²) in [4.78, 5) is 24.9. The van der Waals surface area contributed by atoms with E-state index in [4.69, 9.17) is 5.11 Å². The maximum absolute atomic E-state index is 13.8. The Morgan fingerprint density at radius 2 is 1.80 bits per heavy atom. The van der Waals surface area contributed by atoms with Crippen LogP contribution in [0.1, 0.15) is 85.5 Å². The molecule has 4 rings (SSSR count). The minimum absolute atomic E-state index is 0.114. The molecule has 0 aliphatic heterocycles. The van der Waals surface area contributed by atoms with E-state index in [0.29, 0.717) is 29.5 Å². The van der Waals surface area contributed by atoms with Crippen LogP contribution in [0.15, 0.2) is 11.6 Å². The van der Waals surface area contributed by atoms with Gasteiger partial charge in [-0.05, 0) is 104 Å². The van der Waals surface area contributed by atoms with E-state index in [2.05, 4.69) is 20.8 Å². The molecule has 168 valence electrons. The van der Waals surface area contributed by atoms with E-state index in [1.807, 2.05) is 13.0 Å². The third-order valence-corrected chi connectivity index (χ3v) is 10.3. The van der Waals surface area contributed by atoms with Gasteiger partial charge >= 0.3 is 5.97 Å². The van der Waals surface area contributed by atoms with Gasteiger partial charge in [-0.2, -0.15) is 0 Å². The molecule has 0 aromatic carbocycles. The first-order valence-electron chi connectivity index (χ1n) is 12.2. The summed E-state index contributed by atoms with van der Waals surface area (Å²) in [7, 11) is 0. The minimum atomic E-state index is -0.705. The third kappa shape index (κ3) is 3.20. The Kier molecular flexibility index (Phi) is 5.70. The van der Waals surface area contributed by atoms with E-state index in [0.717, 1.165) is 56.9 Å². The van der Waals surface area contributed by atoms with Crippen molar-refractivity contribution in [2.45, 2.75) is 91.6 Å². The lowest BCUT2D eigenvalue weighted by atomic mass is 9.43. The van der Waals surface area contributed by atoms with Crippen molar-refractivity contribution in [3.05, 3.63) is 11.6 Å². The number of hydrogen-bond acceptors (Lipinski definition) is 3. The molecule has 0 amide bonds. The fourth-order valence-corrected chi connectivity index (χ4v) is 8.72. The average molecular weight is 417 g/mol. The van der Waals surface area contributed by atoms with Crippen LogP contribution in [-0.4, -0.2) is 28.1 Å². The number of rotatable bonds is 4. The lowest BCUT2D eigenvalue weighted by Crippen LogP contribution is -2.58. The fraction of sp³-hybridized carbons (Fsp3) is 0.846. The summed E-state index contributed by atoms with van der Waals surface area (Å²) < 4.78 is 0. The quantitative estimate of drug-likeness (QED) is 0.614. The van der Waals surface area contributed by atoms with E-state index in [-0.39, 0.29) is 35.2 Å². The van der Waals surface area contributed by atoms with Crippen LogP contribution in [0.25, 0.3) is 0 Å². The highest BCUT2D eigenvalue weighted by Crippen LogP contribution is 2.68. The second-order valence-electron chi connectivity index (χ2n) is 11.5. The number of fused-ring (bicyclic) bond motifs is 5. The number of hydrogen-bond donors (Lipinski definition) is 2. The molecular weight excluding hydrogens is 376 g/mol. The number of aliphatic hydroxyl groups is 1. The number of Topliss-reactive ketones (excluding diaryl/α,β-unsaturated/α-hetero) is 1. The van der Waals surface area contributed by atoms with Crippen molar-refractivity contribution in [2.24, 2.45) is 46.3 Å². The summed E-state index contributed by atoms with van der Waals surface area (Å²) in [6, 6.07) is 0. The van der Waals surface area contributed by atoms with Crippen molar-refractivity contribution in [1.29, 1.82) is 0 Å². The number of carbonyl (C=O) groups excluding carboxylic acids is 1. The first-order chi connectivity index (χ1) is 14.1. The SMILES string of the molecule is C/C=C1/C(=O)C2C3CCC([C@H](C)CCC(=O)O)[C@@]3(C)CCC2[C@@]2(C)CC[C@@H](O)C[C@@H]12. The van der Waals surface area contributed by atoms with Gasteiger partial charge in [-0.3, -0.25) is 9.59 Å². The van der Waals surface area contributed by atoms with E-state index >= 15 is 0 Å². The number of aliphatic hydroxyl groups excluding tert-OH is 1. The van der Waals surface area contributed by atoms with Crippen LogP contribution in [0.4, 0.5) is 0 Å². The number of carboxylic acids is 1. The van der Waals surface area contributed by atoms with Gasteiger partial charge in [0.15, 0.2) is 5.78 Å². The maximum atomic E-state index is 13.8. The average Bonchev–Trinajstić information content (AvgIpc) is 3.05. The Hall–Kier alpha value is -1.16. The predicted octanol–water partition coefficient (Wildman–Crippen LogP) is 5.24. The zero-order chi connectivity index (χ0) is 21.8. The Morgan fingerprint density at radius 1 is 1.13 bits per heavy atom. The van der Waals surface area contributed by atoms with Crippen LogP contribution in [0.5, 0.6) is 0 Å². The van der Waals surface area contributed by atoms with E-state index in [9.17, 15) is 14.7 Å². The Morgan fingerprint density at radius 3 is 2.47 bits per heavy atom. The number of aliphatic carboxylic acids is 1. The minimum Gasteiger partial charge on any atom is -0.481 e. The molecular formula is C26H40O4. The first-order valence-corrected chi connectivity index (χ1v) is 12.2. The predicted molar refractivity (Wildman–Crippen MR) is 117 cm³/mol. The Balaban J connectivity index is 1.64. The van der Waals surface area contributed by atoms with Gasteiger partial charge < -0.3 is 10.2 Å². The molecule has 4 fully saturated rings. The van der Waals surface area contributed by atoms with Crippen molar-refractivity contribution >= 4 is 11.8 Å². The second kappa shape index (κ2) is 7.76. The third-order valence-electron chi connectivity index (χ3n) is 10.3. The number of carboxylic acid groups (broad SMARTS) is 1. The van der Waals surface area contributed by atoms with Crippen molar-refractivity contribution in [1.82, 2.24) is 0 Å². The van der Waals surface area contributed by atoms with Gasteiger partial charge in [0.1, 0.15) is 0 Å². The first kappa shape index (κ1) is 22.0. The van der Waals surface area contributed by atoms with Gasteiger partial charge in [-0.1, -0.05) is 26.8 Å². The summed E-state index contributed by atoms with van der Waals surface area (Å²) >= 11 is 0. The van der Waals surface area contributed by atoms with Crippen LogP contribution in [0.3, 0.4) is 0 Å². The molecule has 0 heterocycles. The molecule has 4 nitrogen and oxygen atoms in total. The zero-order valence-corrected chi connectivity index (χ0v) is 19.2. The molecule has 2 N–H and O–H groups in total. The molecule has 4 saturated carbocycles. The molecule has 4 aliphatic carbocycles. The summed E-state index contributed by atoms with van der Waals surface area (Å²) in [5, 5.41) is 19.5. The highest BCUT2D eigenvalue weighted by atomic mass is 16.4. The summed E-state index contributed by atoms with van der Waals surface area (Å²) in [5.74, 6) is 1.74. The smallest absolute Gasteiger partial charge is 0.303 e. The fourth-order valence-electron chi connectivity index (χ4n) is 8.72. The lowest BCUT2D eigenvalue weighted by Gasteiger charge is -2.61. The van der Waals surface area contributed by atoms with Crippen LogP contribution >= 0.6 is 0 Å². The molecule has 0 aromatic rings. The molecule has 4 aliphatic rings. The van der Waals surface area contributed by atoms with Gasteiger partial charge in [-0.15, -0.1) is 0 Å². The topological polar surface area (TPSA) is 74.6 Å². The van der Waals surface area contributed by atoms with Gasteiger partial charge in [0, 0.05) is 12.3 Å². The summed E-state index contributed by atoms with van der Waals surface area (Å²) in [5.41, 5.74) is 1.25. The van der Waals surface area contributed by atoms with E-state index in [1.54, 1.807) is 0 Å². The van der Waals surface area contributed by atoms with Crippen molar-refractivity contribution in [3.63, 3.8) is 0 Å². The second-order valence-corrected chi connectivity index (χ2v) is 11.5. The maximum Gasteiger partial charge on any atom is 0.303 e. The lowest BCUT2D eigenvalue weighted by molar-refractivity contribution is -0.150. The highest BCUT2D eigenvalue weighted by Gasteiger charge is 2.64. The van der Waals surface area contributed by atoms with Crippen LogP contribution in [0, 0.1) is 46.3 Å². The molecule has 4 heteroatoms.